The molecule has 1 heterocycles. The number of hydrogen-bond donors (Lipinski definition) is 0. The number of hydrogen-bond acceptors (Lipinski definition) is 2. The Labute approximate surface area is 93.5 Å². The van der Waals surface area contributed by atoms with Crippen LogP contribution in [-0.2, 0) is 5.32 Å². The van der Waals surface area contributed by atoms with E-state index >= 15 is 0 Å². The molecule has 0 spiro atoms. The van der Waals surface area contributed by atoms with Crippen LogP contribution in [0.15, 0.2) is 24.3 Å². The number of rotatable bonds is 3. The topological polar surface area (TPSA) is 43.1 Å². The Bertz CT molecular complexity index is 344. The van der Waals surface area contributed by atoms with Crippen molar-refractivity contribution in [1.29, 1.82) is 0 Å². The van der Waals surface area contributed by atoms with E-state index in [1.54, 1.807) is 12.1 Å². The van der Waals surface area contributed by atoms with Gasteiger partial charge < -0.3 is 0 Å². The molecule has 0 N–H and O–H groups in total. The van der Waals surface area contributed by atoms with Crippen LogP contribution in [0.5, 0.6) is 0 Å². The summed E-state index contributed by atoms with van der Waals surface area (Å²) in [5, 5.41) is 14.6. The molecular formula is C11H14NO2Se+. The molecule has 0 amide bonds. The monoisotopic (exact) mass is 272 g/mol. The molecule has 1 aromatic carbocycles. The average molecular weight is 271 g/mol. The van der Waals surface area contributed by atoms with Gasteiger partial charge in [-0.1, -0.05) is 0 Å². The molecule has 1 aromatic rings. The first-order chi connectivity index (χ1) is 7.25. The maximum absolute atomic E-state index is 10.5. The summed E-state index contributed by atoms with van der Waals surface area (Å²) >= 11 is -0.386. The fourth-order valence-electron chi connectivity index (χ4n) is 1.81. The minimum absolute atomic E-state index is 0.199. The van der Waals surface area contributed by atoms with Crippen molar-refractivity contribution in [2.45, 2.75) is 28.8 Å². The van der Waals surface area contributed by atoms with Crippen LogP contribution in [0.25, 0.3) is 0 Å². The van der Waals surface area contributed by atoms with E-state index < -0.39 is 0 Å². The van der Waals surface area contributed by atoms with Crippen molar-refractivity contribution in [3.63, 3.8) is 0 Å². The van der Waals surface area contributed by atoms with Gasteiger partial charge in [-0.3, -0.25) is 0 Å². The number of non-ortho nitro benzene ring substituents is 1. The summed E-state index contributed by atoms with van der Waals surface area (Å²) in [6.07, 6.45) is 2.80. The van der Waals surface area contributed by atoms with Gasteiger partial charge in [-0.15, -0.1) is 0 Å². The third-order valence-electron chi connectivity index (χ3n) is 2.63. The Kier molecular flexibility index (Phi) is 3.39. The van der Waals surface area contributed by atoms with Gasteiger partial charge in [-0.2, -0.15) is 0 Å². The van der Waals surface area contributed by atoms with Gasteiger partial charge in [-0.05, 0) is 0 Å². The molecule has 0 aromatic heterocycles. The molecule has 1 fully saturated rings. The maximum atomic E-state index is 10.5. The molecule has 0 radical (unpaired) electrons. The second kappa shape index (κ2) is 4.77. The van der Waals surface area contributed by atoms with Crippen molar-refractivity contribution >= 4 is 19.6 Å². The van der Waals surface area contributed by atoms with Crippen molar-refractivity contribution in [1.82, 2.24) is 0 Å². The summed E-state index contributed by atoms with van der Waals surface area (Å²) < 4.78 is 0. The van der Waals surface area contributed by atoms with Crippen LogP contribution in [0.3, 0.4) is 0 Å². The zero-order valence-corrected chi connectivity index (χ0v) is 10.2. The molecule has 0 atom stereocenters. The molecule has 15 heavy (non-hydrogen) atoms. The van der Waals surface area contributed by atoms with Crippen molar-refractivity contribution in [3.8, 4) is 0 Å². The molecule has 4 heteroatoms. The fourth-order valence-corrected chi connectivity index (χ4v) is 6.80. The summed E-state index contributed by atoms with van der Waals surface area (Å²) in [5.74, 6) is 0. The summed E-state index contributed by atoms with van der Waals surface area (Å²) in [6.45, 7) is 0. The van der Waals surface area contributed by atoms with Gasteiger partial charge >= 0.3 is 93.3 Å². The second-order valence-electron chi connectivity index (χ2n) is 3.80. The molecule has 0 saturated carbocycles. The summed E-state index contributed by atoms with van der Waals surface area (Å²) in [6, 6.07) is 7.08. The van der Waals surface area contributed by atoms with Crippen molar-refractivity contribution in [3.05, 3.63) is 39.9 Å². The van der Waals surface area contributed by atoms with Crippen molar-refractivity contribution in [2.24, 2.45) is 0 Å². The summed E-state index contributed by atoms with van der Waals surface area (Å²) in [4.78, 5) is 10.1. The molecular weight excluding hydrogens is 257 g/mol. The zero-order valence-electron chi connectivity index (χ0n) is 8.52. The molecule has 2 rings (SSSR count). The van der Waals surface area contributed by atoms with Gasteiger partial charge in [0, 0.05) is 0 Å². The van der Waals surface area contributed by atoms with E-state index in [1.807, 2.05) is 12.1 Å². The van der Waals surface area contributed by atoms with E-state index in [0.717, 1.165) is 0 Å². The van der Waals surface area contributed by atoms with Gasteiger partial charge in [0.15, 0.2) is 0 Å². The molecule has 0 unspecified atom stereocenters. The minimum atomic E-state index is -0.386. The zero-order chi connectivity index (χ0) is 10.7. The first-order valence-corrected chi connectivity index (χ1v) is 8.76. The first kappa shape index (κ1) is 10.7. The number of benzene rings is 1. The van der Waals surface area contributed by atoms with E-state index in [1.165, 1.54) is 34.4 Å². The second-order valence-corrected chi connectivity index (χ2v) is 8.68. The normalized spacial score (nSPS) is 16.8. The van der Waals surface area contributed by atoms with Crippen LogP contribution in [0, 0.1) is 10.1 Å². The number of nitro benzene ring substituents is 1. The average Bonchev–Trinajstić information content (AvgIpc) is 2.71. The van der Waals surface area contributed by atoms with E-state index in [-0.39, 0.29) is 24.5 Å². The van der Waals surface area contributed by atoms with Gasteiger partial charge in [0.2, 0.25) is 0 Å². The van der Waals surface area contributed by atoms with E-state index in [9.17, 15) is 10.1 Å². The fraction of sp³-hybridized carbons (Fsp3) is 0.455. The Morgan fingerprint density at radius 2 is 1.80 bits per heavy atom. The number of nitro groups is 1. The molecule has 1 aliphatic heterocycles. The van der Waals surface area contributed by atoms with E-state index in [2.05, 4.69) is 0 Å². The van der Waals surface area contributed by atoms with Crippen LogP contribution in [-0.4, -0.2) is 18.8 Å². The third kappa shape index (κ3) is 2.80. The molecule has 1 aliphatic rings. The van der Waals surface area contributed by atoms with Gasteiger partial charge in [-0.25, -0.2) is 0 Å². The standard InChI is InChI=1S/C11H14NO2Se/c13-12(14)11-5-3-10(4-6-11)9-15-7-1-2-8-15/h3-6H,1-2,7-9H2/q+1. The van der Waals surface area contributed by atoms with Crippen molar-refractivity contribution < 1.29 is 4.92 Å². The Morgan fingerprint density at radius 3 is 2.33 bits per heavy atom. The van der Waals surface area contributed by atoms with Crippen LogP contribution in [0.2, 0.25) is 10.6 Å². The molecule has 0 bridgehead atoms. The SMILES string of the molecule is O=[N+]([O-])c1ccc(C[Se+]2CCCC2)cc1. The summed E-state index contributed by atoms with van der Waals surface area (Å²) in [7, 11) is 0. The van der Waals surface area contributed by atoms with Crippen LogP contribution < -0.4 is 0 Å². The van der Waals surface area contributed by atoms with Gasteiger partial charge in [0.25, 0.3) is 0 Å². The molecule has 80 valence electrons. The number of nitrogens with zero attached hydrogens (tertiary/aromatic N) is 1. The van der Waals surface area contributed by atoms with Crippen molar-refractivity contribution in [2.75, 3.05) is 0 Å². The quantitative estimate of drug-likeness (QED) is 0.482. The molecule has 3 nitrogen and oxygen atoms in total. The third-order valence-corrected chi connectivity index (χ3v) is 7.82. The predicted molar refractivity (Wildman–Crippen MR) is 61.4 cm³/mol. The van der Waals surface area contributed by atoms with E-state index in [4.69, 9.17) is 0 Å². The Hall–Kier alpha value is -0.861. The van der Waals surface area contributed by atoms with Gasteiger partial charge in [0.1, 0.15) is 0 Å². The Balaban J connectivity index is 2.00. The van der Waals surface area contributed by atoms with Crippen LogP contribution >= 0.6 is 0 Å². The Morgan fingerprint density at radius 1 is 1.20 bits per heavy atom. The first-order valence-electron chi connectivity index (χ1n) is 5.13. The molecule has 1 saturated heterocycles. The summed E-state index contributed by atoms with van der Waals surface area (Å²) in [5.41, 5.74) is 1.48. The van der Waals surface area contributed by atoms with Crippen LogP contribution in [0.1, 0.15) is 18.4 Å². The predicted octanol–water partition coefficient (Wildman–Crippen LogP) is 2.97. The van der Waals surface area contributed by atoms with Crippen LogP contribution in [0.4, 0.5) is 5.69 Å². The van der Waals surface area contributed by atoms with Gasteiger partial charge in [0.05, 0.1) is 0 Å². The van der Waals surface area contributed by atoms with E-state index in [0.29, 0.717) is 0 Å². The molecule has 0 aliphatic carbocycles.